The number of fused-ring (bicyclic) bond motifs is 1. The lowest BCUT2D eigenvalue weighted by atomic mass is 10.1. The fraction of sp³-hybridized carbons (Fsp3) is 0.167. The standard InChI is InChI=1S/C24H21BrN2O2/c25-21-10-3-1-8-19(21)24(29)27-22-11-4-2-9-20(22)23(28)26-15-16-12-13-17-6-5-7-18(17)14-16/h1-4,8-14H,5-7,15H2,(H,26,28)(H,27,29). The van der Waals surface area contributed by atoms with Gasteiger partial charge in [-0.05, 0) is 76.1 Å². The van der Waals surface area contributed by atoms with Crippen molar-refractivity contribution >= 4 is 33.4 Å². The molecule has 0 fully saturated rings. The van der Waals surface area contributed by atoms with Gasteiger partial charge in [0.1, 0.15) is 0 Å². The highest BCUT2D eigenvalue weighted by atomic mass is 79.9. The first kappa shape index (κ1) is 19.4. The van der Waals surface area contributed by atoms with E-state index in [1.165, 1.54) is 17.5 Å². The summed E-state index contributed by atoms with van der Waals surface area (Å²) >= 11 is 3.39. The minimum Gasteiger partial charge on any atom is -0.348 e. The van der Waals surface area contributed by atoms with Crippen molar-refractivity contribution < 1.29 is 9.59 Å². The van der Waals surface area contributed by atoms with Crippen LogP contribution in [-0.2, 0) is 19.4 Å². The molecule has 4 nitrogen and oxygen atoms in total. The van der Waals surface area contributed by atoms with Crippen LogP contribution in [0.25, 0.3) is 0 Å². The van der Waals surface area contributed by atoms with E-state index in [9.17, 15) is 9.59 Å². The van der Waals surface area contributed by atoms with Gasteiger partial charge in [-0.1, -0.05) is 42.5 Å². The summed E-state index contributed by atoms with van der Waals surface area (Å²) in [6.45, 7) is 0.457. The molecule has 0 atom stereocenters. The predicted molar refractivity (Wildman–Crippen MR) is 118 cm³/mol. The van der Waals surface area contributed by atoms with Crippen molar-refractivity contribution in [1.82, 2.24) is 5.32 Å². The summed E-state index contributed by atoms with van der Waals surface area (Å²) in [7, 11) is 0. The van der Waals surface area contributed by atoms with Crippen LogP contribution in [0.2, 0.25) is 0 Å². The largest absolute Gasteiger partial charge is 0.348 e. The van der Waals surface area contributed by atoms with E-state index in [0.29, 0.717) is 27.8 Å². The lowest BCUT2D eigenvalue weighted by Crippen LogP contribution is -2.25. The number of aryl methyl sites for hydroxylation is 2. The van der Waals surface area contributed by atoms with Gasteiger partial charge in [-0.2, -0.15) is 0 Å². The average Bonchev–Trinajstić information content (AvgIpc) is 3.20. The first-order valence-electron chi connectivity index (χ1n) is 9.65. The van der Waals surface area contributed by atoms with Crippen LogP contribution in [0, 0.1) is 0 Å². The number of para-hydroxylation sites is 1. The van der Waals surface area contributed by atoms with Crippen molar-refractivity contribution in [1.29, 1.82) is 0 Å². The lowest BCUT2D eigenvalue weighted by Gasteiger charge is -2.12. The summed E-state index contributed by atoms with van der Waals surface area (Å²) in [4.78, 5) is 25.4. The number of amides is 2. The Kier molecular flexibility index (Phi) is 5.76. The summed E-state index contributed by atoms with van der Waals surface area (Å²) in [5.41, 5.74) is 5.33. The second-order valence-electron chi connectivity index (χ2n) is 7.12. The van der Waals surface area contributed by atoms with Gasteiger partial charge in [0.05, 0.1) is 16.8 Å². The molecule has 0 unspecified atom stereocenters. The van der Waals surface area contributed by atoms with Gasteiger partial charge in [-0.15, -0.1) is 0 Å². The Morgan fingerprint density at radius 3 is 2.38 bits per heavy atom. The molecule has 0 aromatic heterocycles. The highest BCUT2D eigenvalue weighted by Gasteiger charge is 2.16. The molecule has 3 aromatic carbocycles. The van der Waals surface area contributed by atoms with Gasteiger partial charge >= 0.3 is 0 Å². The van der Waals surface area contributed by atoms with Crippen molar-refractivity contribution in [3.63, 3.8) is 0 Å². The molecule has 0 saturated carbocycles. The maximum atomic E-state index is 12.8. The number of carbonyl (C=O) groups is 2. The Bertz CT molecular complexity index is 1080. The Morgan fingerprint density at radius 2 is 1.55 bits per heavy atom. The van der Waals surface area contributed by atoms with Gasteiger partial charge in [-0.25, -0.2) is 0 Å². The molecule has 0 spiro atoms. The SMILES string of the molecule is O=C(Nc1ccccc1C(=O)NCc1ccc2c(c1)CCC2)c1ccccc1Br. The quantitative estimate of drug-likeness (QED) is 0.568. The third-order valence-corrected chi connectivity index (χ3v) is 5.85. The third kappa shape index (κ3) is 4.40. The molecule has 29 heavy (non-hydrogen) atoms. The fourth-order valence-electron chi connectivity index (χ4n) is 3.64. The molecular formula is C24H21BrN2O2. The third-order valence-electron chi connectivity index (χ3n) is 5.15. The van der Waals surface area contributed by atoms with Crippen LogP contribution in [0.3, 0.4) is 0 Å². The van der Waals surface area contributed by atoms with Crippen LogP contribution in [0.1, 0.15) is 43.8 Å². The van der Waals surface area contributed by atoms with Crippen molar-refractivity contribution in [3.8, 4) is 0 Å². The van der Waals surface area contributed by atoms with Crippen LogP contribution in [0.4, 0.5) is 5.69 Å². The second kappa shape index (κ2) is 8.62. The maximum absolute atomic E-state index is 12.8. The summed E-state index contributed by atoms with van der Waals surface area (Å²) in [6.07, 6.45) is 3.46. The van der Waals surface area contributed by atoms with E-state index in [0.717, 1.165) is 18.4 Å². The normalized spacial score (nSPS) is 12.3. The highest BCUT2D eigenvalue weighted by molar-refractivity contribution is 9.10. The number of carbonyl (C=O) groups excluding carboxylic acids is 2. The van der Waals surface area contributed by atoms with Gasteiger partial charge < -0.3 is 10.6 Å². The summed E-state index contributed by atoms with van der Waals surface area (Å²) in [5, 5.41) is 5.82. The Morgan fingerprint density at radius 1 is 0.828 bits per heavy atom. The topological polar surface area (TPSA) is 58.2 Å². The minimum absolute atomic E-state index is 0.214. The zero-order chi connectivity index (χ0) is 20.2. The first-order valence-corrected chi connectivity index (χ1v) is 10.4. The van der Waals surface area contributed by atoms with Crippen LogP contribution in [0.15, 0.2) is 71.2 Å². The molecule has 146 valence electrons. The Balaban J connectivity index is 1.46. The van der Waals surface area contributed by atoms with Gasteiger partial charge in [0.2, 0.25) is 0 Å². The van der Waals surface area contributed by atoms with E-state index in [1.54, 1.807) is 36.4 Å². The Hall–Kier alpha value is -2.92. The van der Waals surface area contributed by atoms with E-state index >= 15 is 0 Å². The minimum atomic E-state index is -0.267. The van der Waals surface area contributed by atoms with Gasteiger partial charge in [0.25, 0.3) is 11.8 Å². The number of halogens is 1. The number of hydrogen-bond acceptors (Lipinski definition) is 2. The molecule has 1 aliphatic carbocycles. The molecular weight excluding hydrogens is 428 g/mol. The van der Waals surface area contributed by atoms with Crippen molar-refractivity contribution in [3.05, 3.63) is 99.0 Å². The highest BCUT2D eigenvalue weighted by Crippen LogP contribution is 2.23. The fourth-order valence-corrected chi connectivity index (χ4v) is 4.10. The summed E-state index contributed by atoms with van der Waals surface area (Å²) in [6, 6.07) is 20.7. The van der Waals surface area contributed by atoms with Crippen molar-refractivity contribution in [2.24, 2.45) is 0 Å². The maximum Gasteiger partial charge on any atom is 0.256 e. The smallest absolute Gasteiger partial charge is 0.256 e. The molecule has 5 heteroatoms. The van der Waals surface area contributed by atoms with Gasteiger partial charge in [-0.3, -0.25) is 9.59 Å². The molecule has 3 aromatic rings. The van der Waals surface area contributed by atoms with E-state index < -0.39 is 0 Å². The Labute approximate surface area is 178 Å². The van der Waals surface area contributed by atoms with Crippen LogP contribution in [-0.4, -0.2) is 11.8 Å². The number of rotatable bonds is 5. The number of anilines is 1. The van der Waals surface area contributed by atoms with Crippen LogP contribution >= 0.6 is 15.9 Å². The van der Waals surface area contributed by atoms with E-state index in [4.69, 9.17) is 0 Å². The average molecular weight is 449 g/mol. The molecule has 0 aliphatic heterocycles. The summed E-state index contributed by atoms with van der Waals surface area (Å²) in [5.74, 6) is -0.482. The lowest BCUT2D eigenvalue weighted by molar-refractivity contribution is 0.0952. The number of nitrogens with one attached hydrogen (secondary N) is 2. The molecule has 2 N–H and O–H groups in total. The zero-order valence-corrected chi connectivity index (χ0v) is 17.5. The van der Waals surface area contributed by atoms with Gasteiger partial charge in [0, 0.05) is 11.0 Å². The predicted octanol–water partition coefficient (Wildman–Crippen LogP) is 5.12. The molecule has 0 bridgehead atoms. The molecule has 4 rings (SSSR count). The number of hydrogen-bond donors (Lipinski definition) is 2. The second-order valence-corrected chi connectivity index (χ2v) is 7.97. The molecule has 0 radical (unpaired) electrons. The van der Waals surface area contributed by atoms with E-state index in [-0.39, 0.29) is 11.8 Å². The zero-order valence-electron chi connectivity index (χ0n) is 15.9. The van der Waals surface area contributed by atoms with Gasteiger partial charge in [0.15, 0.2) is 0 Å². The number of benzene rings is 3. The molecule has 2 amide bonds. The first-order chi connectivity index (χ1) is 14.1. The van der Waals surface area contributed by atoms with Crippen LogP contribution < -0.4 is 10.6 Å². The van der Waals surface area contributed by atoms with E-state index in [1.807, 2.05) is 12.1 Å². The monoisotopic (exact) mass is 448 g/mol. The molecule has 0 saturated heterocycles. The molecule has 0 heterocycles. The van der Waals surface area contributed by atoms with E-state index in [2.05, 4.69) is 44.8 Å². The van der Waals surface area contributed by atoms with Crippen molar-refractivity contribution in [2.45, 2.75) is 25.8 Å². The molecule has 1 aliphatic rings. The van der Waals surface area contributed by atoms with Crippen LogP contribution in [0.5, 0.6) is 0 Å². The summed E-state index contributed by atoms with van der Waals surface area (Å²) < 4.78 is 0.705. The van der Waals surface area contributed by atoms with Crippen molar-refractivity contribution in [2.75, 3.05) is 5.32 Å².